The number of nitrogens with zero attached hydrogens (tertiary/aromatic N) is 2. The highest BCUT2D eigenvalue weighted by molar-refractivity contribution is 5.89. The fraction of sp³-hybridized carbons (Fsp3) is 0.235. The van der Waals surface area contributed by atoms with Crippen LogP contribution in [0.1, 0.15) is 21.6 Å². The summed E-state index contributed by atoms with van der Waals surface area (Å²) >= 11 is 0. The predicted octanol–water partition coefficient (Wildman–Crippen LogP) is 1.52. The maximum Gasteiger partial charge on any atom is 0.337 e. The number of hydrogen-bond donors (Lipinski definition) is 2. The van der Waals surface area contributed by atoms with Gasteiger partial charge in [-0.15, -0.1) is 0 Å². The van der Waals surface area contributed by atoms with Crippen LogP contribution in [0, 0.1) is 0 Å². The summed E-state index contributed by atoms with van der Waals surface area (Å²) in [4.78, 5) is 20.0. The van der Waals surface area contributed by atoms with Gasteiger partial charge in [0, 0.05) is 24.9 Å². The zero-order valence-electron chi connectivity index (χ0n) is 13.0. The van der Waals surface area contributed by atoms with Gasteiger partial charge in [-0.3, -0.25) is 4.98 Å². The molecule has 6 nitrogen and oxygen atoms in total. The van der Waals surface area contributed by atoms with Gasteiger partial charge in [0.15, 0.2) is 5.96 Å². The molecule has 1 aromatic heterocycles. The molecule has 2 rings (SSSR count). The number of aromatic nitrogens is 1. The van der Waals surface area contributed by atoms with Gasteiger partial charge in [0.1, 0.15) is 0 Å². The number of nitrogens with one attached hydrogen (secondary N) is 1. The van der Waals surface area contributed by atoms with E-state index < -0.39 is 0 Å². The monoisotopic (exact) mass is 312 g/mol. The van der Waals surface area contributed by atoms with E-state index >= 15 is 0 Å². The number of pyridine rings is 1. The second kappa shape index (κ2) is 8.53. The quantitative estimate of drug-likeness (QED) is 0.479. The number of hydrogen-bond acceptors (Lipinski definition) is 4. The van der Waals surface area contributed by atoms with Crippen LogP contribution in [0.15, 0.2) is 53.7 Å². The van der Waals surface area contributed by atoms with Crippen molar-refractivity contribution >= 4 is 11.9 Å². The van der Waals surface area contributed by atoms with Gasteiger partial charge in [-0.25, -0.2) is 9.79 Å². The molecule has 0 fully saturated rings. The summed E-state index contributed by atoms with van der Waals surface area (Å²) in [5.41, 5.74) is 8.23. The zero-order chi connectivity index (χ0) is 16.5. The SMILES string of the molecule is COC(=O)c1cccc(CN=C(N)NCCc2ccccn2)c1. The lowest BCUT2D eigenvalue weighted by molar-refractivity contribution is 0.0600. The first kappa shape index (κ1) is 16.5. The molecule has 3 N–H and O–H groups in total. The van der Waals surface area contributed by atoms with Crippen molar-refractivity contribution in [3.63, 3.8) is 0 Å². The van der Waals surface area contributed by atoms with Crippen LogP contribution in [-0.4, -0.2) is 30.6 Å². The van der Waals surface area contributed by atoms with Crippen LogP contribution >= 0.6 is 0 Å². The largest absolute Gasteiger partial charge is 0.465 e. The fourth-order valence-electron chi connectivity index (χ4n) is 2.01. The van der Waals surface area contributed by atoms with Crippen molar-refractivity contribution in [3.8, 4) is 0 Å². The standard InChI is InChI=1S/C17H20N4O2/c1-23-16(22)14-6-4-5-13(11-14)12-21-17(18)20-10-8-15-7-2-3-9-19-15/h2-7,9,11H,8,10,12H2,1H3,(H3,18,20,21). The molecule has 6 heteroatoms. The Morgan fingerprint density at radius 1 is 1.30 bits per heavy atom. The minimum absolute atomic E-state index is 0.364. The Labute approximate surface area is 135 Å². The van der Waals surface area contributed by atoms with Crippen molar-refractivity contribution in [1.82, 2.24) is 10.3 Å². The third-order valence-corrected chi connectivity index (χ3v) is 3.19. The lowest BCUT2D eigenvalue weighted by Gasteiger charge is -2.06. The summed E-state index contributed by atoms with van der Waals surface area (Å²) in [6, 6.07) is 12.9. The Morgan fingerprint density at radius 2 is 2.17 bits per heavy atom. The Hall–Kier alpha value is -2.89. The molecule has 1 heterocycles. The third kappa shape index (κ3) is 5.43. The molecule has 0 radical (unpaired) electrons. The van der Waals surface area contributed by atoms with E-state index in [2.05, 4.69) is 15.3 Å². The number of carbonyl (C=O) groups excluding carboxylic acids is 1. The highest BCUT2D eigenvalue weighted by Crippen LogP contribution is 2.07. The van der Waals surface area contributed by atoms with E-state index in [1.807, 2.05) is 24.3 Å². The predicted molar refractivity (Wildman–Crippen MR) is 89.1 cm³/mol. The number of aliphatic imine (C=N–C) groups is 1. The molecular weight excluding hydrogens is 292 g/mol. The molecule has 0 amide bonds. The maximum absolute atomic E-state index is 11.5. The number of benzene rings is 1. The van der Waals surface area contributed by atoms with Crippen LogP contribution < -0.4 is 11.1 Å². The van der Waals surface area contributed by atoms with E-state index in [0.717, 1.165) is 17.7 Å². The first-order chi connectivity index (χ1) is 11.2. The molecule has 1 aromatic carbocycles. The number of nitrogens with two attached hydrogens (primary N) is 1. The Kier molecular flexibility index (Phi) is 6.11. The van der Waals surface area contributed by atoms with Crippen LogP contribution in [0.25, 0.3) is 0 Å². The number of ether oxygens (including phenoxy) is 1. The second-order valence-corrected chi connectivity index (χ2v) is 4.89. The van der Waals surface area contributed by atoms with Crippen LogP contribution in [0.4, 0.5) is 0 Å². The van der Waals surface area contributed by atoms with Gasteiger partial charge in [-0.05, 0) is 29.8 Å². The van der Waals surface area contributed by atoms with Crippen molar-refractivity contribution in [2.75, 3.05) is 13.7 Å². The average molecular weight is 312 g/mol. The van der Waals surface area contributed by atoms with Crippen molar-refractivity contribution in [3.05, 3.63) is 65.5 Å². The average Bonchev–Trinajstić information content (AvgIpc) is 2.60. The lowest BCUT2D eigenvalue weighted by Crippen LogP contribution is -2.33. The lowest BCUT2D eigenvalue weighted by atomic mass is 10.1. The molecule has 0 aliphatic heterocycles. The van der Waals surface area contributed by atoms with E-state index in [4.69, 9.17) is 10.5 Å². The van der Waals surface area contributed by atoms with Gasteiger partial charge in [-0.1, -0.05) is 18.2 Å². The molecule has 0 saturated heterocycles. The molecule has 0 aliphatic rings. The normalized spacial score (nSPS) is 11.1. The van der Waals surface area contributed by atoms with Crippen molar-refractivity contribution in [1.29, 1.82) is 0 Å². The van der Waals surface area contributed by atoms with Crippen molar-refractivity contribution < 1.29 is 9.53 Å². The molecule has 0 bridgehead atoms. The minimum Gasteiger partial charge on any atom is -0.465 e. The van der Waals surface area contributed by atoms with Crippen molar-refractivity contribution in [2.24, 2.45) is 10.7 Å². The number of guanidine groups is 1. The first-order valence-electron chi connectivity index (χ1n) is 7.30. The van der Waals surface area contributed by atoms with Gasteiger partial charge in [-0.2, -0.15) is 0 Å². The van der Waals surface area contributed by atoms with Crippen LogP contribution in [0.5, 0.6) is 0 Å². The highest BCUT2D eigenvalue weighted by Gasteiger charge is 2.05. The maximum atomic E-state index is 11.5. The summed E-state index contributed by atoms with van der Waals surface area (Å²) in [6.07, 6.45) is 2.54. The minimum atomic E-state index is -0.364. The summed E-state index contributed by atoms with van der Waals surface area (Å²) in [5, 5.41) is 3.05. The summed E-state index contributed by atoms with van der Waals surface area (Å²) in [5.74, 6) is 0.00156. The molecule has 23 heavy (non-hydrogen) atoms. The smallest absolute Gasteiger partial charge is 0.337 e. The second-order valence-electron chi connectivity index (χ2n) is 4.89. The van der Waals surface area contributed by atoms with Gasteiger partial charge >= 0.3 is 5.97 Å². The Balaban J connectivity index is 1.83. The number of esters is 1. The molecule has 120 valence electrons. The van der Waals surface area contributed by atoms with Gasteiger partial charge in [0.05, 0.1) is 19.2 Å². The van der Waals surface area contributed by atoms with Crippen LogP contribution in [-0.2, 0) is 17.7 Å². The van der Waals surface area contributed by atoms with E-state index in [1.165, 1.54) is 7.11 Å². The number of methoxy groups -OCH3 is 1. The molecule has 0 atom stereocenters. The molecule has 0 unspecified atom stereocenters. The number of rotatable bonds is 6. The highest BCUT2D eigenvalue weighted by atomic mass is 16.5. The molecule has 0 aliphatic carbocycles. The van der Waals surface area contributed by atoms with E-state index in [0.29, 0.717) is 24.6 Å². The topological polar surface area (TPSA) is 89.6 Å². The third-order valence-electron chi connectivity index (χ3n) is 3.19. The molecule has 0 spiro atoms. The van der Waals surface area contributed by atoms with E-state index in [1.54, 1.807) is 24.4 Å². The van der Waals surface area contributed by atoms with E-state index in [-0.39, 0.29) is 5.97 Å². The van der Waals surface area contributed by atoms with Gasteiger partial charge in [0.2, 0.25) is 0 Å². The summed E-state index contributed by atoms with van der Waals surface area (Å²) in [7, 11) is 1.36. The van der Waals surface area contributed by atoms with Crippen molar-refractivity contribution in [2.45, 2.75) is 13.0 Å². The van der Waals surface area contributed by atoms with Crippen LogP contribution in [0.3, 0.4) is 0 Å². The summed E-state index contributed by atoms with van der Waals surface area (Å²) < 4.78 is 4.69. The molecule has 0 saturated carbocycles. The van der Waals surface area contributed by atoms with Gasteiger partial charge in [0.25, 0.3) is 0 Å². The Morgan fingerprint density at radius 3 is 2.91 bits per heavy atom. The molecular formula is C17H20N4O2. The summed E-state index contributed by atoms with van der Waals surface area (Å²) in [6.45, 7) is 1.06. The fourth-order valence-corrected chi connectivity index (χ4v) is 2.01. The first-order valence-corrected chi connectivity index (χ1v) is 7.30. The number of carbonyl (C=O) groups is 1. The van der Waals surface area contributed by atoms with Gasteiger partial charge < -0.3 is 15.8 Å². The van der Waals surface area contributed by atoms with E-state index in [9.17, 15) is 4.79 Å². The zero-order valence-corrected chi connectivity index (χ0v) is 13.0. The molecule has 2 aromatic rings. The van der Waals surface area contributed by atoms with Crippen LogP contribution in [0.2, 0.25) is 0 Å². The Bertz CT molecular complexity index is 671.